The zero-order valence-corrected chi connectivity index (χ0v) is 13.8. The van der Waals surface area contributed by atoms with Crippen molar-refractivity contribution in [2.75, 3.05) is 13.1 Å². The van der Waals surface area contributed by atoms with Gasteiger partial charge >= 0.3 is 0 Å². The highest BCUT2D eigenvalue weighted by molar-refractivity contribution is 7.89. The lowest BCUT2D eigenvalue weighted by Crippen LogP contribution is -2.26. The maximum absolute atomic E-state index is 13.8. The number of rotatable bonds is 9. The monoisotopic (exact) mass is 316 g/mol. The Morgan fingerprint density at radius 2 is 1.95 bits per heavy atom. The molecule has 0 spiro atoms. The second-order valence-electron chi connectivity index (χ2n) is 5.52. The Balaban J connectivity index is 2.81. The first-order chi connectivity index (χ1) is 9.86. The van der Waals surface area contributed by atoms with Crippen LogP contribution in [0.5, 0.6) is 0 Å². The third-order valence-corrected chi connectivity index (χ3v) is 4.53. The lowest BCUT2D eigenvalue weighted by Gasteiger charge is -2.11. The molecule has 120 valence electrons. The van der Waals surface area contributed by atoms with Crippen molar-refractivity contribution in [1.29, 1.82) is 0 Å². The lowest BCUT2D eigenvalue weighted by molar-refractivity contribution is 0.539. The van der Waals surface area contributed by atoms with Crippen LogP contribution in [0.2, 0.25) is 0 Å². The minimum Gasteiger partial charge on any atom is -0.313 e. The molecule has 0 amide bonds. The predicted molar refractivity (Wildman–Crippen MR) is 83.0 cm³/mol. The second-order valence-corrected chi connectivity index (χ2v) is 7.26. The van der Waals surface area contributed by atoms with Crippen LogP contribution >= 0.6 is 0 Å². The summed E-state index contributed by atoms with van der Waals surface area (Å²) in [4.78, 5) is -0.276. The molecule has 2 N–H and O–H groups in total. The van der Waals surface area contributed by atoms with E-state index in [1.165, 1.54) is 12.1 Å². The van der Waals surface area contributed by atoms with Crippen LogP contribution in [0.1, 0.15) is 39.2 Å². The Bertz CT molecular complexity index is 545. The van der Waals surface area contributed by atoms with Crippen LogP contribution in [0.4, 0.5) is 4.39 Å². The van der Waals surface area contributed by atoms with E-state index in [1.807, 2.05) is 20.8 Å². The Hall–Kier alpha value is -0.980. The fraction of sp³-hybridized carbons (Fsp3) is 0.600. The zero-order valence-electron chi connectivity index (χ0n) is 12.9. The quantitative estimate of drug-likeness (QED) is 0.689. The number of benzene rings is 1. The summed E-state index contributed by atoms with van der Waals surface area (Å²) in [6.07, 6.45) is 1.71. The highest BCUT2D eigenvalue weighted by Gasteiger charge is 2.19. The molecule has 0 aliphatic carbocycles. The Morgan fingerprint density at radius 1 is 1.24 bits per heavy atom. The second kappa shape index (κ2) is 8.46. The van der Waals surface area contributed by atoms with Gasteiger partial charge < -0.3 is 5.32 Å². The topological polar surface area (TPSA) is 58.2 Å². The SMILES string of the molecule is CCCNCc1ccc(F)c(S(=O)(=O)NCCC(C)C)c1. The van der Waals surface area contributed by atoms with E-state index in [0.717, 1.165) is 24.9 Å². The number of sulfonamides is 1. The molecule has 0 saturated heterocycles. The van der Waals surface area contributed by atoms with Gasteiger partial charge in [0.15, 0.2) is 0 Å². The van der Waals surface area contributed by atoms with Gasteiger partial charge in [0.05, 0.1) is 0 Å². The summed E-state index contributed by atoms with van der Waals surface area (Å²) in [5.41, 5.74) is 0.758. The Morgan fingerprint density at radius 3 is 2.57 bits per heavy atom. The van der Waals surface area contributed by atoms with Crippen LogP contribution in [0.15, 0.2) is 23.1 Å². The minimum atomic E-state index is -3.79. The van der Waals surface area contributed by atoms with Gasteiger partial charge in [-0.2, -0.15) is 0 Å². The van der Waals surface area contributed by atoms with Crippen molar-refractivity contribution >= 4 is 10.0 Å². The molecular weight excluding hydrogens is 291 g/mol. The Labute approximate surface area is 127 Å². The highest BCUT2D eigenvalue weighted by atomic mass is 32.2. The molecule has 0 aliphatic rings. The van der Waals surface area contributed by atoms with Crippen molar-refractivity contribution in [3.63, 3.8) is 0 Å². The van der Waals surface area contributed by atoms with Crippen LogP contribution in [-0.4, -0.2) is 21.5 Å². The first-order valence-electron chi connectivity index (χ1n) is 7.35. The average molecular weight is 316 g/mol. The van der Waals surface area contributed by atoms with E-state index in [0.29, 0.717) is 19.0 Å². The van der Waals surface area contributed by atoms with Crippen LogP contribution in [0.3, 0.4) is 0 Å². The van der Waals surface area contributed by atoms with Gasteiger partial charge in [0.1, 0.15) is 10.7 Å². The Kier molecular flexibility index (Phi) is 7.28. The molecule has 0 aromatic heterocycles. The third-order valence-electron chi connectivity index (χ3n) is 3.05. The molecule has 21 heavy (non-hydrogen) atoms. The van der Waals surface area contributed by atoms with Crippen molar-refractivity contribution in [3.8, 4) is 0 Å². The van der Waals surface area contributed by atoms with E-state index in [1.54, 1.807) is 6.07 Å². The summed E-state index contributed by atoms with van der Waals surface area (Å²) in [5, 5.41) is 3.17. The molecule has 1 rings (SSSR count). The number of hydrogen-bond donors (Lipinski definition) is 2. The van der Waals surface area contributed by atoms with Crippen molar-refractivity contribution in [2.45, 2.75) is 45.1 Å². The molecule has 6 heteroatoms. The summed E-state index contributed by atoms with van der Waals surface area (Å²) < 4.78 is 40.5. The van der Waals surface area contributed by atoms with Gasteiger partial charge in [0.25, 0.3) is 0 Å². The minimum absolute atomic E-state index is 0.276. The summed E-state index contributed by atoms with van der Waals surface area (Å²) in [6, 6.07) is 4.21. The van der Waals surface area contributed by atoms with Gasteiger partial charge in [-0.1, -0.05) is 26.8 Å². The van der Waals surface area contributed by atoms with Gasteiger partial charge in [-0.3, -0.25) is 0 Å². The van der Waals surface area contributed by atoms with Crippen molar-refractivity contribution in [2.24, 2.45) is 5.92 Å². The van der Waals surface area contributed by atoms with Gasteiger partial charge in [-0.15, -0.1) is 0 Å². The average Bonchev–Trinajstić information content (AvgIpc) is 2.40. The lowest BCUT2D eigenvalue weighted by atomic mass is 10.1. The summed E-state index contributed by atoms with van der Waals surface area (Å²) >= 11 is 0. The fourth-order valence-corrected chi connectivity index (χ4v) is 3.01. The molecule has 0 bridgehead atoms. The molecule has 0 atom stereocenters. The molecular formula is C15H25FN2O2S. The van der Waals surface area contributed by atoms with E-state index >= 15 is 0 Å². The smallest absolute Gasteiger partial charge is 0.243 e. The van der Waals surface area contributed by atoms with Gasteiger partial charge in [0, 0.05) is 13.1 Å². The largest absolute Gasteiger partial charge is 0.313 e. The molecule has 1 aromatic carbocycles. The van der Waals surface area contributed by atoms with Crippen LogP contribution in [0, 0.1) is 11.7 Å². The first-order valence-corrected chi connectivity index (χ1v) is 8.84. The van der Waals surface area contributed by atoms with Crippen LogP contribution in [-0.2, 0) is 16.6 Å². The van der Waals surface area contributed by atoms with E-state index in [9.17, 15) is 12.8 Å². The van der Waals surface area contributed by atoms with Gasteiger partial charge in [-0.05, 0) is 43.0 Å². The molecule has 0 heterocycles. The molecule has 0 radical (unpaired) electrons. The summed E-state index contributed by atoms with van der Waals surface area (Å²) in [7, 11) is -3.79. The van der Waals surface area contributed by atoms with Crippen molar-refractivity contribution in [3.05, 3.63) is 29.6 Å². The maximum Gasteiger partial charge on any atom is 0.243 e. The van der Waals surface area contributed by atoms with E-state index in [4.69, 9.17) is 0 Å². The number of halogens is 1. The standard InChI is InChI=1S/C15H25FN2O2S/c1-4-8-17-11-13-5-6-14(16)15(10-13)21(19,20)18-9-7-12(2)3/h5-6,10,12,17-18H,4,7-9,11H2,1-3H3. The molecule has 0 saturated carbocycles. The van der Waals surface area contributed by atoms with Crippen molar-refractivity contribution in [1.82, 2.24) is 10.0 Å². The van der Waals surface area contributed by atoms with Gasteiger partial charge in [-0.25, -0.2) is 17.5 Å². The number of nitrogens with one attached hydrogen (secondary N) is 2. The van der Waals surface area contributed by atoms with Crippen LogP contribution in [0.25, 0.3) is 0 Å². The first kappa shape index (κ1) is 18.1. The van der Waals surface area contributed by atoms with Gasteiger partial charge in [0.2, 0.25) is 10.0 Å². The number of hydrogen-bond acceptors (Lipinski definition) is 3. The molecule has 0 aliphatic heterocycles. The molecule has 1 aromatic rings. The molecule has 4 nitrogen and oxygen atoms in total. The van der Waals surface area contributed by atoms with E-state index in [2.05, 4.69) is 10.0 Å². The molecule has 0 fully saturated rings. The van der Waals surface area contributed by atoms with E-state index < -0.39 is 15.8 Å². The third kappa shape index (κ3) is 6.11. The predicted octanol–water partition coefficient (Wildman–Crippen LogP) is 2.65. The molecule has 0 unspecified atom stereocenters. The van der Waals surface area contributed by atoms with Crippen LogP contribution < -0.4 is 10.0 Å². The van der Waals surface area contributed by atoms with E-state index in [-0.39, 0.29) is 4.90 Å². The van der Waals surface area contributed by atoms with Crippen molar-refractivity contribution < 1.29 is 12.8 Å². The highest BCUT2D eigenvalue weighted by Crippen LogP contribution is 2.16. The zero-order chi connectivity index (χ0) is 15.9. The summed E-state index contributed by atoms with van der Waals surface area (Å²) in [5.74, 6) is -0.326. The summed E-state index contributed by atoms with van der Waals surface area (Å²) in [6.45, 7) is 7.75. The maximum atomic E-state index is 13.8. The fourth-order valence-electron chi connectivity index (χ4n) is 1.83. The normalized spacial score (nSPS) is 12.0.